The number of aromatic nitrogens is 5. The first-order valence-corrected chi connectivity index (χ1v) is 8.90. The van der Waals surface area contributed by atoms with Gasteiger partial charge in [-0.05, 0) is 25.8 Å². The molecule has 7 nitrogen and oxygen atoms in total. The van der Waals surface area contributed by atoms with E-state index in [9.17, 15) is 17.6 Å². The molecule has 1 fully saturated rings. The lowest BCUT2D eigenvalue weighted by atomic mass is 10.2. The second kappa shape index (κ2) is 7.21. The Kier molecular flexibility index (Phi) is 4.85. The summed E-state index contributed by atoms with van der Waals surface area (Å²) in [5.41, 5.74) is 1.09. The van der Waals surface area contributed by atoms with Crippen molar-refractivity contribution in [1.82, 2.24) is 24.6 Å². The molecule has 1 aliphatic carbocycles. The third-order valence-electron chi connectivity index (χ3n) is 4.75. The Morgan fingerprint density at radius 2 is 1.93 bits per heavy atom. The van der Waals surface area contributed by atoms with Gasteiger partial charge in [-0.25, -0.2) is 9.37 Å². The molecule has 0 bridgehead atoms. The van der Waals surface area contributed by atoms with Crippen LogP contribution < -0.4 is 4.74 Å². The van der Waals surface area contributed by atoms with Crippen molar-refractivity contribution in [3.63, 3.8) is 0 Å². The van der Waals surface area contributed by atoms with Crippen LogP contribution in [0.2, 0.25) is 0 Å². The Morgan fingerprint density at radius 1 is 1.17 bits per heavy atom. The fraction of sp³-hybridized carbons (Fsp3) is 0.444. The first-order chi connectivity index (χ1) is 13.8. The van der Waals surface area contributed by atoms with Crippen LogP contribution in [0.4, 0.5) is 17.6 Å². The van der Waals surface area contributed by atoms with Gasteiger partial charge < -0.3 is 9.47 Å². The summed E-state index contributed by atoms with van der Waals surface area (Å²) in [6.45, 7) is 1.79. The molecule has 0 radical (unpaired) electrons. The summed E-state index contributed by atoms with van der Waals surface area (Å²) in [5.74, 6) is -1.80. The highest BCUT2D eigenvalue weighted by atomic mass is 19.4. The molecule has 1 saturated carbocycles. The van der Waals surface area contributed by atoms with Crippen LogP contribution in [0.25, 0.3) is 16.9 Å². The van der Waals surface area contributed by atoms with Gasteiger partial charge >= 0.3 is 6.18 Å². The van der Waals surface area contributed by atoms with E-state index in [2.05, 4.69) is 20.2 Å². The van der Waals surface area contributed by atoms with E-state index in [0.29, 0.717) is 30.0 Å². The van der Waals surface area contributed by atoms with E-state index in [1.807, 2.05) is 0 Å². The van der Waals surface area contributed by atoms with Gasteiger partial charge in [-0.1, -0.05) is 0 Å². The van der Waals surface area contributed by atoms with Crippen molar-refractivity contribution in [2.24, 2.45) is 5.92 Å². The van der Waals surface area contributed by atoms with Crippen LogP contribution in [-0.2, 0) is 4.74 Å². The first-order valence-electron chi connectivity index (χ1n) is 8.90. The highest BCUT2D eigenvalue weighted by Crippen LogP contribution is 2.42. The van der Waals surface area contributed by atoms with Crippen LogP contribution in [0.3, 0.4) is 0 Å². The third-order valence-corrected chi connectivity index (χ3v) is 4.75. The minimum absolute atomic E-state index is 0.274. The van der Waals surface area contributed by atoms with Gasteiger partial charge in [0.25, 0.3) is 5.88 Å². The maximum Gasteiger partial charge on any atom is 0.425 e. The molecule has 0 N–H and O–H groups in total. The van der Waals surface area contributed by atoms with E-state index in [0.717, 1.165) is 6.07 Å². The summed E-state index contributed by atoms with van der Waals surface area (Å²) in [6.07, 6.45) is -1.93. The zero-order chi connectivity index (χ0) is 20.8. The second-order valence-corrected chi connectivity index (χ2v) is 6.87. The molecule has 3 aromatic rings. The molecule has 3 aromatic heterocycles. The lowest BCUT2D eigenvalue weighted by Crippen LogP contribution is -2.36. The molecule has 154 valence electrons. The Labute approximate surface area is 162 Å². The summed E-state index contributed by atoms with van der Waals surface area (Å²) < 4.78 is 65.6. The van der Waals surface area contributed by atoms with Crippen LogP contribution >= 0.6 is 0 Å². The van der Waals surface area contributed by atoms with E-state index < -0.39 is 29.9 Å². The lowest BCUT2D eigenvalue weighted by molar-refractivity contribution is -0.202. The van der Waals surface area contributed by atoms with Crippen LogP contribution in [0.5, 0.6) is 5.88 Å². The number of ether oxygens (including phenoxy) is 2. The summed E-state index contributed by atoms with van der Waals surface area (Å²) in [6, 6.07) is 1.04. The maximum absolute atomic E-state index is 14.4. The van der Waals surface area contributed by atoms with Gasteiger partial charge in [0.15, 0.2) is 23.4 Å². The third kappa shape index (κ3) is 3.86. The van der Waals surface area contributed by atoms with Gasteiger partial charge in [0, 0.05) is 31.0 Å². The van der Waals surface area contributed by atoms with Crippen molar-refractivity contribution in [3.8, 4) is 17.1 Å². The van der Waals surface area contributed by atoms with Crippen molar-refractivity contribution in [3.05, 3.63) is 36.3 Å². The van der Waals surface area contributed by atoms with Gasteiger partial charge in [-0.15, -0.1) is 10.2 Å². The zero-order valence-electron chi connectivity index (χ0n) is 15.5. The van der Waals surface area contributed by atoms with E-state index >= 15 is 0 Å². The molecular weight excluding hydrogens is 394 g/mol. The van der Waals surface area contributed by atoms with Crippen LogP contribution in [-0.4, -0.2) is 44.0 Å². The van der Waals surface area contributed by atoms with Gasteiger partial charge in [0.1, 0.15) is 6.10 Å². The Balaban J connectivity index is 1.64. The van der Waals surface area contributed by atoms with E-state index in [-0.39, 0.29) is 11.7 Å². The predicted molar refractivity (Wildman–Crippen MR) is 92.6 cm³/mol. The standard InChI is InChI=1S/C18H17F4N5O2/c1-9(28-2)16-26-25-14-7-23-13(8-27(14)16)11-5-12(19)17(24-6-11)29-15(10-3-4-10)18(20,21)22/h5-10,15H,3-4H2,1-2H3/t9-,15?/m0/s1. The molecule has 3 heterocycles. The first kappa shape index (κ1) is 19.5. The van der Waals surface area contributed by atoms with Crippen LogP contribution in [0, 0.1) is 11.7 Å². The Bertz CT molecular complexity index is 1030. The molecule has 1 unspecified atom stereocenters. The topological polar surface area (TPSA) is 74.4 Å². The highest BCUT2D eigenvalue weighted by Gasteiger charge is 2.51. The summed E-state index contributed by atoms with van der Waals surface area (Å²) >= 11 is 0. The second-order valence-electron chi connectivity index (χ2n) is 6.87. The molecule has 0 amide bonds. The van der Waals surface area contributed by atoms with Crippen molar-refractivity contribution in [2.45, 2.75) is 38.1 Å². The van der Waals surface area contributed by atoms with Gasteiger partial charge in [0.2, 0.25) is 0 Å². The molecule has 2 atom stereocenters. The van der Waals surface area contributed by atoms with E-state index in [4.69, 9.17) is 9.47 Å². The number of methoxy groups -OCH3 is 1. The Morgan fingerprint density at radius 3 is 2.55 bits per heavy atom. The van der Waals surface area contributed by atoms with Crippen LogP contribution in [0.1, 0.15) is 31.7 Å². The van der Waals surface area contributed by atoms with Crippen LogP contribution in [0.15, 0.2) is 24.7 Å². The molecule has 4 rings (SSSR count). The monoisotopic (exact) mass is 411 g/mol. The van der Waals surface area contributed by atoms with E-state index in [1.54, 1.807) is 17.5 Å². The fourth-order valence-corrected chi connectivity index (χ4v) is 2.95. The van der Waals surface area contributed by atoms with Crippen molar-refractivity contribution >= 4 is 5.65 Å². The molecular formula is C18H17F4N5O2. The Hall–Kier alpha value is -2.82. The maximum atomic E-state index is 14.4. The normalized spacial score (nSPS) is 16.8. The van der Waals surface area contributed by atoms with Crippen molar-refractivity contribution < 1.29 is 27.0 Å². The van der Waals surface area contributed by atoms with Crippen molar-refractivity contribution in [2.75, 3.05) is 7.11 Å². The molecule has 0 saturated heterocycles. The number of nitrogens with zero attached hydrogens (tertiary/aromatic N) is 5. The fourth-order valence-electron chi connectivity index (χ4n) is 2.95. The van der Waals surface area contributed by atoms with Gasteiger partial charge in [-0.3, -0.25) is 9.38 Å². The minimum Gasteiger partial charge on any atom is -0.462 e. The number of fused-ring (bicyclic) bond motifs is 1. The van der Waals surface area contributed by atoms with Gasteiger partial charge in [0.05, 0.1) is 11.9 Å². The zero-order valence-corrected chi connectivity index (χ0v) is 15.5. The quantitative estimate of drug-likeness (QED) is 0.575. The molecule has 1 aliphatic rings. The highest BCUT2D eigenvalue weighted by molar-refractivity contribution is 5.59. The number of halogens is 4. The molecule has 0 spiro atoms. The summed E-state index contributed by atoms with van der Waals surface area (Å²) in [5, 5.41) is 8.03. The van der Waals surface area contributed by atoms with Gasteiger partial charge in [-0.2, -0.15) is 13.2 Å². The number of hydrogen-bond donors (Lipinski definition) is 0. The largest absolute Gasteiger partial charge is 0.462 e. The molecule has 29 heavy (non-hydrogen) atoms. The molecule has 0 aromatic carbocycles. The SMILES string of the molecule is CO[C@@H](C)c1nnc2cnc(-c3cnc(OC(C4CC4)C(F)(F)F)c(F)c3)cn12. The summed E-state index contributed by atoms with van der Waals surface area (Å²) in [4.78, 5) is 7.95. The molecule has 11 heteroatoms. The average Bonchev–Trinajstić information content (AvgIpc) is 3.43. The summed E-state index contributed by atoms with van der Waals surface area (Å²) in [7, 11) is 1.53. The number of alkyl halides is 3. The average molecular weight is 411 g/mol. The number of pyridine rings is 1. The minimum atomic E-state index is -4.58. The predicted octanol–water partition coefficient (Wildman–Crippen LogP) is 3.75. The number of rotatable bonds is 6. The van der Waals surface area contributed by atoms with Crippen molar-refractivity contribution in [1.29, 1.82) is 0 Å². The lowest BCUT2D eigenvalue weighted by Gasteiger charge is -2.21. The number of hydrogen-bond acceptors (Lipinski definition) is 6. The van der Waals surface area contributed by atoms with E-state index in [1.165, 1.54) is 19.5 Å². The smallest absolute Gasteiger partial charge is 0.425 e. The molecule has 0 aliphatic heterocycles.